The topological polar surface area (TPSA) is 116 Å². The Morgan fingerprint density at radius 3 is 1.08 bits per heavy atom. The van der Waals surface area contributed by atoms with Crippen LogP contribution in [0.3, 0.4) is 0 Å². The van der Waals surface area contributed by atoms with Crippen LogP contribution in [0.15, 0.2) is 189 Å². The molecular formula is C52H31N9. The van der Waals surface area contributed by atoms with Crippen LogP contribution >= 0.6 is 0 Å². The second-order valence-electron chi connectivity index (χ2n) is 15.0. The summed E-state index contributed by atoms with van der Waals surface area (Å²) in [4.78, 5) is 43.8. The van der Waals surface area contributed by atoms with Crippen LogP contribution in [-0.2, 0) is 5.41 Å². The van der Waals surface area contributed by atoms with Crippen molar-refractivity contribution in [2.24, 2.45) is 0 Å². The van der Waals surface area contributed by atoms with E-state index >= 15 is 0 Å². The molecule has 9 nitrogen and oxygen atoms in total. The molecule has 0 saturated heterocycles. The maximum atomic E-state index is 5.16. The van der Waals surface area contributed by atoms with Crippen molar-refractivity contribution in [3.63, 3.8) is 0 Å². The van der Waals surface area contributed by atoms with Crippen LogP contribution < -0.4 is 0 Å². The van der Waals surface area contributed by atoms with E-state index in [9.17, 15) is 0 Å². The second kappa shape index (κ2) is 13.9. The summed E-state index contributed by atoms with van der Waals surface area (Å²) in [5.74, 6) is 2.08. The maximum Gasteiger partial charge on any atom is 0.182 e. The van der Waals surface area contributed by atoms with E-state index < -0.39 is 5.41 Å². The van der Waals surface area contributed by atoms with Crippen molar-refractivity contribution in [1.82, 2.24) is 44.9 Å². The van der Waals surface area contributed by atoms with E-state index in [0.717, 1.165) is 56.2 Å². The number of aromatic nitrogens is 9. The molecule has 4 aromatic carbocycles. The van der Waals surface area contributed by atoms with Crippen molar-refractivity contribution in [2.45, 2.75) is 5.41 Å². The van der Waals surface area contributed by atoms with Gasteiger partial charge in [0.25, 0.3) is 0 Å². The number of fused-ring (bicyclic) bond motifs is 10. The standard InChI is InChI=1S/C52H31N9/c1-3-15-38-34(13-1)36-23-21-32(48-57-46(42-17-5-9-25-53-42)31-47(58-48)43-18-6-10-26-54-43)29-40(36)52(38)39-16-4-2-14-35(39)37-24-22-33(30-41(37)52)49-59-50(44-19-7-11-27-55-44)61-51(60-49)45-20-8-12-28-56-45/h1-31H. The lowest BCUT2D eigenvalue weighted by molar-refractivity contribution is 0.794. The molecule has 2 aliphatic carbocycles. The first-order valence-electron chi connectivity index (χ1n) is 20.0. The van der Waals surface area contributed by atoms with E-state index in [1.54, 1.807) is 24.8 Å². The van der Waals surface area contributed by atoms with Gasteiger partial charge < -0.3 is 0 Å². The second-order valence-corrected chi connectivity index (χ2v) is 15.0. The summed E-state index contributed by atoms with van der Waals surface area (Å²) in [5.41, 5.74) is 14.7. The highest BCUT2D eigenvalue weighted by Gasteiger charge is 2.52. The number of rotatable bonds is 6. The predicted octanol–water partition coefficient (Wildman–Crippen LogP) is 10.6. The van der Waals surface area contributed by atoms with Crippen LogP contribution in [-0.4, -0.2) is 44.9 Å². The third-order valence-corrected chi connectivity index (χ3v) is 11.6. The fraction of sp³-hybridized carbons (Fsp3) is 0.0192. The lowest BCUT2D eigenvalue weighted by Gasteiger charge is -2.31. The lowest BCUT2D eigenvalue weighted by Crippen LogP contribution is -2.26. The number of pyridine rings is 4. The Bertz CT molecular complexity index is 2970. The first-order chi connectivity index (χ1) is 30.2. The van der Waals surface area contributed by atoms with Gasteiger partial charge in [0.15, 0.2) is 23.3 Å². The Hall–Kier alpha value is -8.43. The number of hydrogen-bond donors (Lipinski definition) is 0. The van der Waals surface area contributed by atoms with Crippen LogP contribution in [0, 0.1) is 0 Å². The molecule has 284 valence electrons. The summed E-state index contributed by atoms with van der Waals surface area (Å²) < 4.78 is 0. The molecular weight excluding hydrogens is 751 g/mol. The van der Waals surface area contributed by atoms with E-state index in [1.807, 2.05) is 78.9 Å². The summed E-state index contributed by atoms with van der Waals surface area (Å²) in [6.07, 6.45) is 7.07. The van der Waals surface area contributed by atoms with E-state index in [4.69, 9.17) is 24.9 Å². The van der Waals surface area contributed by atoms with Crippen LogP contribution in [0.25, 0.3) is 90.8 Å². The molecule has 10 aromatic rings. The highest BCUT2D eigenvalue weighted by atomic mass is 15.1. The van der Waals surface area contributed by atoms with Gasteiger partial charge in [-0.3, -0.25) is 19.9 Å². The van der Waals surface area contributed by atoms with Crippen LogP contribution in [0.5, 0.6) is 0 Å². The third-order valence-electron chi connectivity index (χ3n) is 11.6. The molecule has 0 amide bonds. The van der Waals surface area contributed by atoms with Crippen molar-refractivity contribution >= 4 is 0 Å². The molecule has 0 fully saturated rings. The summed E-state index contributed by atoms with van der Waals surface area (Å²) in [5, 5.41) is 0. The third kappa shape index (κ3) is 5.52. The molecule has 0 bridgehead atoms. The van der Waals surface area contributed by atoms with Gasteiger partial charge >= 0.3 is 0 Å². The number of hydrogen-bond acceptors (Lipinski definition) is 9. The molecule has 0 saturated carbocycles. The highest BCUT2D eigenvalue weighted by molar-refractivity contribution is 5.96. The molecule has 0 N–H and O–H groups in total. The van der Waals surface area contributed by atoms with Gasteiger partial charge in [0, 0.05) is 35.9 Å². The van der Waals surface area contributed by atoms with Gasteiger partial charge in [-0.05, 0) is 111 Å². The van der Waals surface area contributed by atoms with Gasteiger partial charge in [0.2, 0.25) is 0 Å². The highest BCUT2D eigenvalue weighted by Crippen LogP contribution is 2.63. The molecule has 6 aromatic heterocycles. The number of benzene rings is 4. The zero-order chi connectivity index (χ0) is 40.3. The van der Waals surface area contributed by atoms with E-state index in [-0.39, 0.29) is 0 Å². The first kappa shape index (κ1) is 34.6. The van der Waals surface area contributed by atoms with E-state index in [1.165, 1.54) is 22.3 Å². The Balaban J connectivity index is 1.09. The Labute approximate surface area is 350 Å². The Kier molecular flexibility index (Phi) is 7.86. The van der Waals surface area contributed by atoms with Crippen molar-refractivity contribution in [3.05, 3.63) is 211 Å². The molecule has 1 unspecified atom stereocenters. The summed E-state index contributed by atoms with van der Waals surface area (Å²) >= 11 is 0. The maximum absolute atomic E-state index is 5.16. The van der Waals surface area contributed by atoms with Gasteiger partial charge in [-0.25, -0.2) is 24.9 Å². The molecule has 61 heavy (non-hydrogen) atoms. The van der Waals surface area contributed by atoms with Crippen LogP contribution in [0.4, 0.5) is 0 Å². The molecule has 0 aliphatic heterocycles. The minimum atomic E-state index is -0.674. The van der Waals surface area contributed by atoms with Gasteiger partial charge in [0.1, 0.15) is 11.4 Å². The minimum absolute atomic E-state index is 0.476. The van der Waals surface area contributed by atoms with Crippen molar-refractivity contribution in [1.29, 1.82) is 0 Å². The largest absolute Gasteiger partial charge is 0.255 e. The minimum Gasteiger partial charge on any atom is -0.255 e. The average molecular weight is 782 g/mol. The van der Waals surface area contributed by atoms with E-state index in [0.29, 0.717) is 34.7 Å². The molecule has 12 rings (SSSR count). The smallest absolute Gasteiger partial charge is 0.182 e. The van der Waals surface area contributed by atoms with Crippen LogP contribution in [0.2, 0.25) is 0 Å². The predicted molar refractivity (Wildman–Crippen MR) is 236 cm³/mol. The van der Waals surface area contributed by atoms with Crippen molar-refractivity contribution < 1.29 is 0 Å². The summed E-state index contributed by atoms with van der Waals surface area (Å²) in [7, 11) is 0. The molecule has 1 atom stereocenters. The lowest BCUT2D eigenvalue weighted by atomic mass is 9.70. The van der Waals surface area contributed by atoms with Gasteiger partial charge in [-0.1, -0.05) is 97.1 Å². The van der Waals surface area contributed by atoms with Crippen molar-refractivity contribution in [2.75, 3.05) is 0 Å². The first-order valence-corrected chi connectivity index (χ1v) is 20.0. The zero-order valence-corrected chi connectivity index (χ0v) is 32.4. The number of nitrogens with zero attached hydrogens (tertiary/aromatic N) is 9. The zero-order valence-electron chi connectivity index (χ0n) is 32.4. The quantitative estimate of drug-likeness (QED) is 0.162. The molecule has 0 radical (unpaired) electrons. The fourth-order valence-electron chi connectivity index (χ4n) is 9.01. The summed E-state index contributed by atoms with van der Waals surface area (Å²) in [6.45, 7) is 0. The molecule has 2 aliphatic rings. The van der Waals surface area contributed by atoms with Gasteiger partial charge in [-0.2, -0.15) is 0 Å². The Morgan fingerprint density at radius 1 is 0.262 bits per heavy atom. The van der Waals surface area contributed by atoms with Crippen molar-refractivity contribution in [3.8, 4) is 90.8 Å². The van der Waals surface area contributed by atoms with Gasteiger partial charge in [0.05, 0.1) is 28.2 Å². The van der Waals surface area contributed by atoms with E-state index in [2.05, 4.69) is 105 Å². The molecule has 6 heterocycles. The molecule has 9 heteroatoms. The fourth-order valence-corrected chi connectivity index (χ4v) is 9.01. The van der Waals surface area contributed by atoms with Gasteiger partial charge in [-0.15, -0.1) is 0 Å². The summed E-state index contributed by atoms with van der Waals surface area (Å²) in [6, 6.07) is 55.9. The van der Waals surface area contributed by atoms with Crippen LogP contribution in [0.1, 0.15) is 22.3 Å². The Morgan fingerprint density at radius 2 is 0.639 bits per heavy atom. The monoisotopic (exact) mass is 781 g/mol. The average Bonchev–Trinajstić information content (AvgIpc) is 3.81. The molecule has 1 spiro atoms. The SMILES string of the molecule is c1ccc(-c2cc(-c3ccccn3)nc(-c3ccc4c(c3)C3(c5ccccc5-4)c4ccccc4-c4ccc(-c5nc(-c6ccccn6)nc(-c6ccccn6)n5)cc43)n2)nc1. The normalized spacial score (nSPS) is 14.3.